The number of hydrogen-bond acceptors (Lipinski definition) is 3. The van der Waals surface area contributed by atoms with Gasteiger partial charge in [-0.05, 0) is 42.9 Å². The van der Waals surface area contributed by atoms with Gasteiger partial charge >= 0.3 is 6.61 Å². The maximum absolute atomic E-state index is 13.0. The highest BCUT2D eigenvalue weighted by Crippen LogP contribution is 2.32. The Kier molecular flexibility index (Phi) is 5.88. The number of sulfonamides is 1. The van der Waals surface area contributed by atoms with Crippen LogP contribution in [-0.4, -0.2) is 32.4 Å². The highest BCUT2D eigenvalue weighted by Gasteiger charge is 2.30. The van der Waals surface area contributed by atoms with Crippen molar-refractivity contribution in [1.82, 2.24) is 4.31 Å². The lowest BCUT2D eigenvalue weighted by atomic mass is 9.92. The molecule has 3 rings (SSSR count). The van der Waals surface area contributed by atoms with Crippen molar-refractivity contribution in [2.24, 2.45) is 0 Å². The van der Waals surface area contributed by atoms with Crippen molar-refractivity contribution in [2.45, 2.75) is 36.7 Å². The molecule has 0 spiro atoms. The van der Waals surface area contributed by atoms with Crippen LogP contribution in [0.3, 0.4) is 0 Å². The number of halogens is 2. The van der Waals surface area contributed by atoms with Crippen molar-refractivity contribution in [1.29, 1.82) is 0 Å². The zero-order chi connectivity index (χ0) is 18.6. The third kappa shape index (κ3) is 4.22. The lowest BCUT2D eigenvalue weighted by Gasteiger charge is -2.22. The minimum absolute atomic E-state index is 0.210. The lowest BCUT2D eigenvalue weighted by molar-refractivity contribution is -0.0517. The first kappa shape index (κ1) is 18.8. The van der Waals surface area contributed by atoms with Gasteiger partial charge in [0.15, 0.2) is 0 Å². The van der Waals surface area contributed by atoms with Gasteiger partial charge in [-0.1, -0.05) is 42.5 Å². The predicted octanol–water partition coefficient (Wildman–Crippen LogP) is 4.25. The largest absolute Gasteiger partial charge is 0.433 e. The van der Waals surface area contributed by atoms with E-state index in [0.717, 1.165) is 12.8 Å². The molecule has 7 heteroatoms. The zero-order valence-electron chi connectivity index (χ0n) is 14.2. The normalized spacial score (nSPS) is 19.3. The highest BCUT2D eigenvalue weighted by atomic mass is 32.2. The Bertz CT molecular complexity index is 828. The van der Waals surface area contributed by atoms with Crippen molar-refractivity contribution >= 4 is 10.0 Å². The molecule has 0 N–H and O–H groups in total. The van der Waals surface area contributed by atoms with Crippen molar-refractivity contribution < 1.29 is 21.9 Å². The van der Waals surface area contributed by atoms with Crippen LogP contribution in [0.5, 0.6) is 5.75 Å². The molecule has 0 saturated carbocycles. The molecule has 0 aliphatic carbocycles. The minimum Gasteiger partial charge on any atom is -0.433 e. The Hall–Kier alpha value is -1.99. The topological polar surface area (TPSA) is 46.6 Å². The summed E-state index contributed by atoms with van der Waals surface area (Å²) in [7, 11) is -3.89. The fourth-order valence-corrected chi connectivity index (χ4v) is 4.98. The summed E-state index contributed by atoms with van der Waals surface area (Å²) in [4.78, 5) is -0.210. The van der Waals surface area contributed by atoms with Crippen molar-refractivity contribution in [3.63, 3.8) is 0 Å². The van der Waals surface area contributed by atoms with E-state index in [0.29, 0.717) is 25.4 Å². The summed E-state index contributed by atoms with van der Waals surface area (Å²) >= 11 is 0. The van der Waals surface area contributed by atoms with Gasteiger partial charge in [0.2, 0.25) is 10.0 Å². The second-order valence-electron chi connectivity index (χ2n) is 6.27. The quantitative estimate of drug-likeness (QED) is 0.778. The molecular weight excluding hydrogens is 360 g/mol. The van der Waals surface area contributed by atoms with E-state index < -0.39 is 16.6 Å². The summed E-state index contributed by atoms with van der Waals surface area (Å²) in [5, 5.41) is 0. The van der Waals surface area contributed by atoms with Crippen LogP contribution in [0, 0.1) is 0 Å². The van der Waals surface area contributed by atoms with Gasteiger partial charge < -0.3 is 4.74 Å². The molecule has 2 aromatic carbocycles. The first-order valence-electron chi connectivity index (χ1n) is 8.57. The Balaban J connectivity index is 1.80. The summed E-state index contributed by atoms with van der Waals surface area (Å²) in [6.45, 7) is -2.35. The first-order valence-corrected chi connectivity index (χ1v) is 10.0. The Morgan fingerprint density at radius 3 is 2.38 bits per heavy atom. The number of alkyl halides is 2. The fraction of sp³-hybridized carbons (Fsp3) is 0.368. The molecule has 0 amide bonds. The Labute approximate surface area is 152 Å². The van der Waals surface area contributed by atoms with Crippen molar-refractivity contribution in [3.8, 4) is 5.75 Å². The van der Waals surface area contributed by atoms with Crippen LogP contribution in [0.4, 0.5) is 8.78 Å². The first-order chi connectivity index (χ1) is 12.5. The van der Waals surface area contributed by atoms with Crippen LogP contribution in [-0.2, 0) is 10.0 Å². The standard InChI is InChI=1S/C19H21F2NO3S/c20-19(21)25-17-10-4-5-11-18(17)26(23,24)22-13-6-9-16(12-14-22)15-7-2-1-3-8-15/h1-5,7-8,10-11,16,19H,6,9,12-14H2. The molecule has 1 fully saturated rings. The molecule has 1 saturated heterocycles. The maximum atomic E-state index is 13.0. The van der Waals surface area contributed by atoms with Crippen molar-refractivity contribution in [2.75, 3.05) is 13.1 Å². The van der Waals surface area contributed by atoms with E-state index in [2.05, 4.69) is 16.9 Å². The smallest absolute Gasteiger partial charge is 0.387 e. The molecule has 0 radical (unpaired) electrons. The van der Waals surface area contributed by atoms with E-state index in [4.69, 9.17) is 0 Å². The molecule has 26 heavy (non-hydrogen) atoms. The van der Waals surface area contributed by atoms with E-state index in [-0.39, 0.29) is 10.6 Å². The summed E-state index contributed by atoms with van der Waals surface area (Å²) in [6, 6.07) is 15.6. The van der Waals surface area contributed by atoms with Gasteiger partial charge in [-0.15, -0.1) is 0 Å². The minimum atomic E-state index is -3.89. The maximum Gasteiger partial charge on any atom is 0.387 e. The molecule has 0 bridgehead atoms. The van der Waals surface area contributed by atoms with Gasteiger partial charge in [0, 0.05) is 13.1 Å². The SMILES string of the molecule is O=S(=O)(c1ccccc1OC(F)F)N1CCCC(c2ccccc2)CC1. The fourth-order valence-electron chi connectivity index (χ4n) is 3.36. The van der Waals surface area contributed by atoms with Gasteiger partial charge in [-0.2, -0.15) is 13.1 Å². The number of para-hydroxylation sites is 1. The van der Waals surface area contributed by atoms with Gasteiger partial charge in [0.05, 0.1) is 0 Å². The molecule has 1 heterocycles. The molecule has 0 aromatic heterocycles. The molecule has 4 nitrogen and oxygen atoms in total. The van der Waals surface area contributed by atoms with Gasteiger partial charge in [0.1, 0.15) is 10.6 Å². The number of benzene rings is 2. The van der Waals surface area contributed by atoms with Crippen molar-refractivity contribution in [3.05, 3.63) is 60.2 Å². The van der Waals surface area contributed by atoms with Crippen LogP contribution in [0.2, 0.25) is 0 Å². The molecule has 1 unspecified atom stereocenters. The van der Waals surface area contributed by atoms with Gasteiger partial charge in [0.25, 0.3) is 0 Å². The van der Waals surface area contributed by atoms with Crippen LogP contribution >= 0.6 is 0 Å². The van der Waals surface area contributed by atoms with Crippen LogP contribution in [0.15, 0.2) is 59.5 Å². The number of ether oxygens (including phenoxy) is 1. The third-order valence-corrected chi connectivity index (χ3v) is 6.58. The molecule has 1 aliphatic rings. The van der Waals surface area contributed by atoms with E-state index >= 15 is 0 Å². The molecule has 1 atom stereocenters. The number of nitrogens with zero attached hydrogens (tertiary/aromatic N) is 1. The Morgan fingerprint density at radius 2 is 1.65 bits per heavy atom. The highest BCUT2D eigenvalue weighted by molar-refractivity contribution is 7.89. The molecule has 1 aliphatic heterocycles. The summed E-state index contributed by atoms with van der Waals surface area (Å²) in [5.41, 5.74) is 1.20. The lowest BCUT2D eigenvalue weighted by Crippen LogP contribution is -2.32. The van der Waals surface area contributed by atoms with Gasteiger partial charge in [-0.3, -0.25) is 0 Å². The molecule has 2 aromatic rings. The third-order valence-electron chi connectivity index (χ3n) is 4.64. The van der Waals surface area contributed by atoms with E-state index in [1.807, 2.05) is 18.2 Å². The van der Waals surface area contributed by atoms with E-state index in [9.17, 15) is 17.2 Å². The van der Waals surface area contributed by atoms with Crippen LogP contribution in [0.1, 0.15) is 30.7 Å². The second-order valence-corrected chi connectivity index (χ2v) is 8.17. The van der Waals surface area contributed by atoms with E-state index in [1.165, 1.54) is 34.1 Å². The van der Waals surface area contributed by atoms with Crippen LogP contribution in [0.25, 0.3) is 0 Å². The summed E-state index contributed by atoms with van der Waals surface area (Å²) < 4.78 is 57.0. The monoisotopic (exact) mass is 381 g/mol. The average Bonchev–Trinajstić information content (AvgIpc) is 2.89. The van der Waals surface area contributed by atoms with E-state index in [1.54, 1.807) is 0 Å². The molecular formula is C19H21F2NO3S. The summed E-state index contributed by atoms with van der Waals surface area (Å²) in [5.74, 6) is -0.0182. The second kappa shape index (κ2) is 8.14. The Morgan fingerprint density at radius 1 is 0.962 bits per heavy atom. The van der Waals surface area contributed by atoms with Crippen LogP contribution < -0.4 is 4.74 Å². The summed E-state index contributed by atoms with van der Waals surface area (Å²) in [6.07, 6.45) is 2.31. The predicted molar refractivity (Wildman–Crippen MR) is 94.9 cm³/mol. The molecule has 140 valence electrons. The number of hydrogen-bond donors (Lipinski definition) is 0. The number of rotatable bonds is 5. The average molecular weight is 381 g/mol. The zero-order valence-corrected chi connectivity index (χ0v) is 15.0. The van der Waals surface area contributed by atoms with Gasteiger partial charge in [-0.25, -0.2) is 8.42 Å².